The molecule has 6 heteroatoms. The van der Waals surface area contributed by atoms with E-state index in [1.807, 2.05) is 0 Å². The Morgan fingerprint density at radius 2 is 1.95 bits per heavy atom. The second-order valence-electron chi connectivity index (χ2n) is 4.63. The van der Waals surface area contributed by atoms with Crippen molar-refractivity contribution in [3.63, 3.8) is 0 Å². The molecule has 0 spiro atoms. The van der Waals surface area contributed by atoms with Crippen molar-refractivity contribution in [2.75, 3.05) is 26.2 Å². The van der Waals surface area contributed by atoms with Crippen molar-refractivity contribution in [2.45, 2.75) is 52.1 Å². The molecule has 0 saturated carbocycles. The Labute approximate surface area is 133 Å². The van der Waals surface area contributed by atoms with E-state index in [0.717, 1.165) is 26.2 Å². The average molecular weight is 354 g/mol. The topological polar surface area (TPSA) is 29.7 Å². The summed E-state index contributed by atoms with van der Waals surface area (Å²) in [5, 5.41) is 4.68. The number of rotatable bonds is 6. The molecule has 1 heterocycles. The molecule has 1 rings (SSSR count). The molecule has 0 aromatic rings. The van der Waals surface area contributed by atoms with E-state index in [9.17, 15) is 0 Å². The van der Waals surface area contributed by atoms with Crippen molar-refractivity contribution in [1.29, 1.82) is 0 Å². The molecule has 19 heavy (non-hydrogen) atoms. The Morgan fingerprint density at radius 1 is 1.32 bits per heavy atom. The monoisotopic (exact) mass is 353 g/mol. The van der Waals surface area contributed by atoms with Crippen LogP contribution in [-0.4, -0.2) is 49.4 Å². The van der Waals surface area contributed by atoms with Gasteiger partial charge >= 0.3 is 33.2 Å². The van der Waals surface area contributed by atoms with Gasteiger partial charge in [-0.2, -0.15) is 0 Å². The molecular weight excluding hydrogens is 328 g/mol. The Morgan fingerprint density at radius 3 is 2.47 bits per heavy atom. The third-order valence-electron chi connectivity index (χ3n) is 3.28. The van der Waals surface area contributed by atoms with E-state index in [1.54, 1.807) is 0 Å². The molecule has 1 saturated heterocycles. The molecular formula is C13H26Cl2CoN3-. The summed E-state index contributed by atoms with van der Waals surface area (Å²) in [5.74, 6) is 0. The van der Waals surface area contributed by atoms with Gasteiger partial charge in [-0.3, -0.25) is 4.99 Å². The Balaban J connectivity index is 0.000000982. The summed E-state index contributed by atoms with van der Waals surface area (Å²) in [6, 6.07) is 0.924. The summed E-state index contributed by atoms with van der Waals surface area (Å²) in [4.78, 5) is 6.91. The van der Waals surface area contributed by atoms with Crippen molar-refractivity contribution in [3.8, 4) is 0 Å². The van der Waals surface area contributed by atoms with Gasteiger partial charge in [0, 0.05) is 6.54 Å². The maximum atomic E-state index is 4.73. The van der Waals surface area contributed by atoms with Crippen LogP contribution < -0.4 is 0 Å². The first-order chi connectivity index (χ1) is 9.17. The molecule has 0 aromatic heterocycles. The van der Waals surface area contributed by atoms with Crippen LogP contribution >= 0.6 is 20.3 Å². The van der Waals surface area contributed by atoms with Crippen LogP contribution in [0.1, 0.15) is 40.0 Å². The standard InChI is InChI=1S/C13H26N3.2ClH.Co/c1-4-16(5-2)10-9-14-11-13-8-6-7-12(3)15-13;;;/h11-13H,4-10H2,1-3H3;2*1H;/q-1;;;+2/p-2. The average Bonchev–Trinajstić information content (AvgIpc) is 2.40. The molecule has 1 fully saturated rings. The molecule has 2 unspecified atom stereocenters. The van der Waals surface area contributed by atoms with Gasteiger partial charge in [0.25, 0.3) is 0 Å². The summed E-state index contributed by atoms with van der Waals surface area (Å²) in [7, 11) is 9.47. The van der Waals surface area contributed by atoms with E-state index < -0.39 is 0 Å². The zero-order chi connectivity index (χ0) is 14.5. The van der Waals surface area contributed by atoms with Gasteiger partial charge in [-0.05, 0) is 19.3 Å². The first kappa shape index (κ1) is 19.7. The zero-order valence-corrected chi connectivity index (χ0v) is 14.7. The van der Waals surface area contributed by atoms with Gasteiger partial charge in [0.1, 0.15) is 0 Å². The number of aliphatic imine (C=N–C) groups is 1. The molecule has 0 bridgehead atoms. The molecule has 117 valence electrons. The maximum absolute atomic E-state index is 4.73. The first-order valence-electron chi connectivity index (χ1n) is 6.93. The van der Waals surface area contributed by atoms with E-state index in [-0.39, 0.29) is 0 Å². The number of nitrogens with zero attached hydrogens (tertiary/aromatic N) is 3. The number of piperidine rings is 1. The van der Waals surface area contributed by atoms with Crippen molar-refractivity contribution < 1.29 is 12.9 Å². The fraction of sp³-hybridized carbons (Fsp3) is 0.923. The zero-order valence-electron chi connectivity index (χ0n) is 12.1. The van der Waals surface area contributed by atoms with E-state index >= 15 is 0 Å². The predicted molar refractivity (Wildman–Crippen MR) is 83.3 cm³/mol. The summed E-state index contributed by atoms with van der Waals surface area (Å²) < 4.78 is 0. The van der Waals surface area contributed by atoms with E-state index in [4.69, 9.17) is 20.3 Å². The van der Waals surface area contributed by atoms with Gasteiger partial charge in [-0.1, -0.05) is 46.1 Å². The molecule has 0 aliphatic carbocycles. The predicted octanol–water partition coefficient (Wildman–Crippen LogP) is 4.09. The number of likely N-dealkylation sites (N-methyl/N-ethyl adjacent to an activating group) is 1. The van der Waals surface area contributed by atoms with E-state index in [2.05, 4.69) is 42.2 Å². The van der Waals surface area contributed by atoms with Gasteiger partial charge in [0.05, 0.1) is 6.54 Å². The molecule has 1 aliphatic rings. The van der Waals surface area contributed by atoms with Gasteiger partial charge in [-0.25, -0.2) is 0 Å². The van der Waals surface area contributed by atoms with E-state index in [1.165, 1.54) is 19.3 Å². The molecule has 0 N–H and O–H groups in total. The third-order valence-corrected chi connectivity index (χ3v) is 3.28. The summed E-state index contributed by atoms with van der Waals surface area (Å²) in [6.45, 7) is 10.8. The van der Waals surface area contributed by atoms with Crippen LogP contribution in [0.25, 0.3) is 5.32 Å². The van der Waals surface area contributed by atoms with Crippen LogP contribution in [0.4, 0.5) is 0 Å². The van der Waals surface area contributed by atoms with Crippen molar-refractivity contribution in [1.82, 2.24) is 4.90 Å². The molecule has 2 atom stereocenters. The van der Waals surface area contributed by atoms with Gasteiger partial charge in [-0.15, -0.1) is 6.04 Å². The molecule has 1 aliphatic heterocycles. The number of hydrogen-bond acceptors (Lipinski definition) is 2. The quantitative estimate of drug-likeness (QED) is 0.661. The van der Waals surface area contributed by atoms with Crippen LogP contribution in [0.2, 0.25) is 0 Å². The van der Waals surface area contributed by atoms with Crippen LogP contribution in [0.3, 0.4) is 0 Å². The van der Waals surface area contributed by atoms with Crippen molar-refractivity contribution in [2.24, 2.45) is 4.99 Å². The fourth-order valence-electron chi connectivity index (χ4n) is 2.15. The summed E-state index contributed by atoms with van der Waals surface area (Å²) in [6.07, 6.45) is 5.82. The minimum atomic E-state index is 0.382. The minimum absolute atomic E-state index is 0.382. The Bertz CT molecular complexity index is 226. The molecule has 0 amide bonds. The molecule has 0 radical (unpaired) electrons. The fourth-order valence-corrected chi connectivity index (χ4v) is 2.15. The van der Waals surface area contributed by atoms with Gasteiger partial charge in [0.2, 0.25) is 0 Å². The Hall–Kier alpha value is 0.676. The second kappa shape index (κ2) is 13.7. The van der Waals surface area contributed by atoms with Crippen molar-refractivity contribution >= 4 is 26.5 Å². The van der Waals surface area contributed by atoms with Gasteiger partial charge in [0.15, 0.2) is 0 Å². The summed E-state index contributed by atoms with van der Waals surface area (Å²) >= 11 is 0.382. The first-order valence-corrected chi connectivity index (χ1v) is 9.80. The third kappa shape index (κ3) is 11.1. The molecule has 3 nitrogen and oxygen atoms in total. The Kier molecular flexibility index (Phi) is 14.1. The number of halogens is 2. The van der Waals surface area contributed by atoms with Crippen LogP contribution in [0.5, 0.6) is 0 Å². The number of hydrogen-bond donors (Lipinski definition) is 0. The van der Waals surface area contributed by atoms with Crippen molar-refractivity contribution in [3.05, 3.63) is 5.32 Å². The van der Waals surface area contributed by atoms with E-state index in [0.29, 0.717) is 25.0 Å². The normalized spacial score (nSPS) is 23.7. The van der Waals surface area contributed by atoms with Gasteiger partial charge < -0.3 is 10.2 Å². The van der Waals surface area contributed by atoms with Crippen LogP contribution in [-0.2, 0) is 12.9 Å². The van der Waals surface area contributed by atoms with Crippen LogP contribution in [0, 0.1) is 0 Å². The molecule has 0 aromatic carbocycles. The van der Waals surface area contributed by atoms with Crippen LogP contribution in [0.15, 0.2) is 4.99 Å². The SMILES string of the molecule is CCN(CC)CCN=CC1CCCC(C)[N-]1.[Cl][Co][Cl]. The summed E-state index contributed by atoms with van der Waals surface area (Å²) in [5.41, 5.74) is 0. The second-order valence-corrected chi connectivity index (χ2v) is 6.35.